The molecule has 0 bridgehead atoms. The normalized spacial score (nSPS) is 23.2. The molecule has 2 saturated heterocycles. The van der Waals surface area contributed by atoms with Crippen molar-refractivity contribution in [1.29, 1.82) is 0 Å². The van der Waals surface area contributed by atoms with Crippen LogP contribution in [0.4, 0.5) is 18.9 Å². The predicted molar refractivity (Wildman–Crippen MR) is 81.9 cm³/mol. The molecule has 0 aromatic heterocycles. The summed E-state index contributed by atoms with van der Waals surface area (Å²) in [4.78, 5) is 26.8. The van der Waals surface area contributed by atoms with Crippen LogP contribution in [0.1, 0.15) is 31.2 Å². The van der Waals surface area contributed by atoms with E-state index in [2.05, 4.69) is 0 Å². The first-order valence-electron chi connectivity index (χ1n) is 7.87. The highest BCUT2D eigenvalue weighted by atomic mass is 35.5. The number of halogens is 4. The SMILES string of the molecule is O=C1C[C@H]([NH+]2CCCCC2)C(=O)N1c1ccc(Cl)c(C(F)(F)F)c1. The fraction of sp³-hybridized carbons (Fsp3) is 0.500. The van der Waals surface area contributed by atoms with Crippen molar-refractivity contribution in [2.45, 2.75) is 37.9 Å². The maximum absolute atomic E-state index is 13.0. The van der Waals surface area contributed by atoms with Gasteiger partial charge in [-0.25, -0.2) is 4.90 Å². The maximum Gasteiger partial charge on any atom is 0.417 e. The summed E-state index contributed by atoms with van der Waals surface area (Å²) in [7, 11) is 0. The van der Waals surface area contributed by atoms with Crippen LogP contribution in [0.2, 0.25) is 5.02 Å². The highest BCUT2D eigenvalue weighted by Crippen LogP contribution is 2.37. The number of alkyl halides is 3. The van der Waals surface area contributed by atoms with E-state index in [1.165, 1.54) is 6.07 Å². The number of hydrogen-bond acceptors (Lipinski definition) is 2. The van der Waals surface area contributed by atoms with Gasteiger partial charge in [0.25, 0.3) is 5.91 Å². The standard InChI is InChI=1S/C16H16ClF3N2O2/c17-12-5-4-10(8-11(12)16(18,19)20)22-14(23)9-13(15(22)24)21-6-2-1-3-7-21/h4-5,8,13H,1-3,6-7,9H2/p+1/t13-/m0/s1. The van der Waals surface area contributed by atoms with Gasteiger partial charge in [-0.3, -0.25) is 9.59 Å². The fourth-order valence-electron chi connectivity index (χ4n) is 3.45. The first-order chi connectivity index (χ1) is 11.3. The average Bonchev–Trinajstić information content (AvgIpc) is 2.83. The molecule has 1 N–H and O–H groups in total. The van der Waals surface area contributed by atoms with Crippen molar-refractivity contribution in [2.75, 3.05) is 18.0 Å². The Morgan fingerprint density at radius 3 is 2.42 bits per heavy atom. The maximum atomic E-state index is 13.0. The van der Waals surface area contributed by atoms with Gasteiger partial charge in [-0.2, -0.15) is 13.2 Å². The molecule has 4 nitrogen and oxygen atoms in total. The number of rotatable bonds is 2. The quantitative estimate of drug-likeness (QED) is 0.819. The molecule has 2 aliphatic heterocycles. The molecule has 130 valence electrons. The molecule has 2 fully saturated rings. The monoisotopic (exact) mass is 361 g/mol. The van der Waals surface area contributed by atoms with E-state index in [0.29, 0.717) is 0 Å². The van der Waals surface area contributed by atoms with E-state index in [-0.39, 0.29) is 12.1 Å². The number of piperidine rings is 1. The molecule has 1 aromatic carbocycles. The first-order valence-corrected chi connectivity index (χ1v) is 8.25. The smallest absolute Gasteiger partial charge is 0.324 e. The fourth-order valence-corrected chi connectivity index (χ4v) is 3.67. The zero-order valence-corrected chi connectivity index (χ0v) is 13.6. The van der Waals surface area contributed by atoms with Crippen LogP contribution in [-0.4, -0.2) is 30.9 Å². The Bertz CT molecular complexity index is 672. The van der Waals surface area contributed by atoms with E-state index in [1.54, 1.807) is 0 Å². The molecule has 0 unspecified atom stereocenters. The molecule has 2 aliphatic rings. The summed E-state index contributed by atoms with van der Waals surface area (Å²) >= 11 is 5.60. The Morgan fingerprint density at radius 1 is 1.12 bits per heavy atom. The minimum Gasteiger partial charge on any atom is -0.324 e. The van der Waals surface area contributed by atoms with Gasteiger partial charge < -0.3 is 4.90 Å². The van der Waals surface area contributed by atoms with Gasteiger partial charge in [0, 0.05) is 0 Å². The molecule has 3 rings (SSSR count). The van der Waals surface area contributed by atoms with Crippen molar-refractivity contribution in [3.63, 3.8) is 0 Å². The van der Waals surface area contributed by atoms with E-state index in [4.69, 9.17) is 11.6 Å². The van der Waals surface area contributed by atoms with Gasteiger partial charge in [0.2, 0.25) is 5.91 Å². The van der Waals surface area contributed by atoms with Crippen molar-refractivity contribution in [1.82, 2.24) is 0 Å². The molecule has 0 spiro atoms. The number of hydrogen-bond donors (Lipinski definition) is 1. The average molecular weight is 362 g/mol. The van der Waals surface area contributed by atoms with Crippen LogP contribution < -0.4 is 9.80 Å². The molecule has 2 heterocycles. The second-order valence-electron chi connectivity index (χ2n) is 6.20. The highest BCUT2D eigenvalue weighted by Gasteiger charge is 2.46. The summed E-state index contributed by atoms with van der Waals surface area (Å²) in [6.45, 7) is 1.62. The summed E-state index contributed by atoms with van der Waals surface area (Å²) in [6.07, 6.45) is -1.51. The number of carbonyl (C=O) groups is 2. The van der Waals surface area contributed by atoms with Crippen LogP contribution in [0.5, 0.6) is 0 Å². The molecule has 1 atom stereocenters. The third-order valence-electron chi connectivity index (χ3n) is 4.65. The van der Waals surface area contributed by atoms with Crippen molar-refractivity contribution < 1.29 is 27.7 Å². The van der Waals surface area contributed by atoms with Gasteiger partial charge in [-0.1, -0.05) is 11.6 Å². The third-order valence-corrected chi connectivity index (χ3v) is 4.98. The Hall–Kier alpha value is -1.60. The van der Waals surface area contributed by atoms with Gasteiger partial charge in [-0.15, -0.1) is 0 Å². The van der Waals surface area contributed by atoms with Crippen LogP contribution in [-0.2, 0) is 15.8 Å². The molecular formula is C16H17ClF3N2O2+. The van der Waals surface area contributed by atoms with Crippen LogP contribution in [0.25, 0.3) is 0 Å². The molecule has 24 heavy (non-hydrogen) atoms. The number of carbonyl (C=O) groups excluding carboxylic acids is 2. The molecular weight excluding hydrogens is 345 g/mol. The molecule has 0 radical (unpaired) electrons. The molecule has 0 saturated carbocycles. The number of imide groups is 1. The topological polar surface area (TPSA) is 41.8 Å². The summed E-state index contributed by atoms with van der Waals surface area (Å²) in [5, 5.41) is -0.455. The lowest BCUT2D eigenvalue weighted by Crippen LogP contribution is -3.17. The van der Waals surface area contributed by atoms with E-state index in [1.807, 2.05) is 0 Å². The zero-order chi connectivity index (χ0) is 17.5. The number of anilines is 1. The van der Waals surface area contributed by atoms with Gasteiger partial charge in [0.05, 0.1) is 35.8 Å². The highest BCUT2D eigenvalue weighted by molar-refractivity contribution is 6.31. The zero-order valence-electron chi connectivity index (χ0n) is 12.8. The molecule has 1 aromatic rings. The van der Waals surface area contributed by atoms with E-state index in [0.717, 1.165) is 54.3 Å². The van der Waals surface area contributed by atoms with E-state index < -0.39 is 34.6 Å². The van der Waals surface area contributed by atoms with Crippen molar-refractivity contribution >= 4 is 29.1 Å². The predicted octanol–water partition coefficient (Wildman–Crippen LogP) is 2.06. The number of likely N-dealkylation sites (tertiary alicyclic amines) is 1. The van der Waals surface area contributed by atoms with Crippen molar-refractivity contribution in [2.24, 2.45) is 0 Å². The summed E-state index contributed by atoms with van der Waals surface area (Å²) in [5.41, 5.74) is -1.11. The molecule has 2 amide bonds. The lowest BCUT2D eigenvalue weighted by atomic mass is 10.1. The minimum atomic E-state index is -4.64. The van der Waals surface area contributed by atoms with Gasteiger partial charge in [-0.05, 0) is 37.5 Å². The van der Waals surface area contributed by atoms with Gasteiger partial charge >= 0.3 is 6.18 Å². The third kappa shape index (κ3) is 3.15. The van der Waals surface area contributed by atoms with E-state index in [9.17, 15) is 22.8 Å². The van der Waals surface area contributed by atoms with Crippen LogP contribution in [0.15, 0.2) is 18.2 Å². The second kappa shape index (κ2) is 6.37. The van der Waals surface area contributed by atoms with Gasteiger partial charge in [0.1, 0.15) is 0 Å². The Morgan fingerprint density at radius 2 is 1.79 bits per heavy atom. The second-order valence-corrected chi connectivity index (χ2v) is 6.61. The van der Waals surface area contributed by atoms with Crippen LogP contribution >= 0.6 is 11.6 Å². The molecule has 0 aliphatic carbocycles. The number of nitrogens with one attached hydrogen (secondary N) is 1. The number of nitrogens with zero attached hydrogens (tertiary/aromatic N) is 1. The van der Waals surface area contributed by atoms with Crippen molar-refractivity contribution in [3.05, 3.63) is 28.8 Å². The number of benzene rings is 1. The van der Waals surface area contributed by atoms with Crippen LogP contribution in [0.3, 0.4) is 0 Å². The van der Waals surface area contributed by atoms with Crippen LogP contribution in [0, 0.1) is 0 Å². The number of quaternary nitrogens is 1. The summed E-state index contributed by atoms with van der Waals surface area (Å²) in [6, 6.07) is 2.62. The number of amides is 2. The first kappa shape index (κ1) is 17.2. The van der Waals surface area contributed by atoms with E-state index >= 15 is 0 Å². The largest absolute Gasteiger partial charge is 0.417 e. The van der Waals surface area contributed by atoms with Crippen molar-refractivity contribution in [3.8, 4) is 0 Å². The minimum absolute atomic E-state index is 0.0398. The Labute approximate surface area is 142 Å². The Balaban J connectivity index is 1.89. The molecule has 8 heteroatoms. The van der Waals surface area contributed by atoms with Gasteiger partial charge in [0.15, 0.2) is 6.04 Å². The Kier molecular flexibility index (Phi) is 4.57. The summed E-state index contributed by atoms with van der Waals surface area (Å²) in [5.74, 6) is -0.883. The lowest BCUT2D eigenvalue weighted by molar-refractivity contribution is -0.919. The summed E-state index contributed by atoms with van der Waals surface area (Å²) < 4.78 is 39.0. The lowest BCUT2D eigenvalue weighted by Gasteiger charge is -2.27.